The van der Waals surface area contributed by atoms with Crippen molar-refractivity contribution >= 4 is 5.69 Å². The zero-order chi connectivity index (χ0) is 17.6. The van der Waals surface area contributed by atoms with Crippen LogP contribution in [0, 0.1) is 0 Å². The van der Waals surface area contributed by atoms with Crippen LogP contribution < -0.4 is 19.5 Å². The van der Waals surface area contributed by atoms with Crippen molar-refractivity contribution in [3.63, 3.8) is 0 Å². The summed E-state index contributed by atoms with van der Waals surface area (Å²) in [6.45, 7) is 7.80. The van der Waals surface area contributed by atoms with Crippen LogP contribution in [-0.4, -0.2) is 27.4 Å². The lowest BCUT2D eigenvalue weighted by atomic mass is 9.86. The molecule has 0 saturated carbocycles. The average Bonchev–Trinajstić information content (AvgIpc) is 2.58. The van der Waals surface area contributed by atoms with Crippen LogP contribution in [0.5, 0.6) is 17.2 Å². The summed E-state index contributed by atoms with van der Waals surface area (Å²) in [6.07, 6.45) is 0. The number of methoxy groups -OCH3 is 2. The minimum Gasteiger partial charge on any atom is -0.497 e. The molecule has 0 aliphatic rings. The lowest BCUT2D eigenvalue weighted by Gasteiger charge is -2.22. The van der Waals surface area contributed by atoms with Gasteiger partial charge in [0.2, 0.25) is 0 Å². The van der Waals surface area contributed by atoms with E-state index < -0.39 is 0 Å². The van der Waals surface area contributed by atoms with Crippen molar-refractivity contribution in [2.24, 2.45) is 0 Å². The summed E-state index contributed by atoms with van der Waals surface area (Å²) >= 11 is 0. The van der Waals surface area contributed by atoms with Crippen molar-refractivity contribution in [1.29, 1.82) is 0 Å². The van der Waals surface area contributed by atoms with E-state index in [-0.39, 0.29) is 5.41 Å². The molecule has 0 bridgehead atoms. The van der Waals surface area contributed by atoms with Crippen LogP contribution in [0.4, 0.5) is 5.69 Å². The summed E-state index contributed by atoms with van der Waals surface area (Å²) in [6, 6.07) is 13.9. The number of nitrogens with one attached hydrogen (secondary N) is 1. The molecule has 0 radical (unpaired) electrons. The van der Waals surface area contributed by atoms with Crippen molar-refractivity contribution < 1.29 is 14.2 Å². The molecule has 0 amide bonds. The topological polar surface area (TPSA) is 39.7 Å². The number of rotatable bonds is 7. The Labute approximate surface area is 144 Å². The van der Waals surface area contributed by atoms with Crippen LogP contribution in [0.25, 0.3) is 0 Å². The molecule has 4 heteroatoms. The van der Waals surface area contributed by atoms with Gasteiger partial charge < -0.3 is 19.5 Å². The number of hydrogen-bond acceptors (Lipinski definition) is 4. The summed E-state index contributed by atoms with van der Waals surface area (Å²) < 4.78 is 16.6. The molecular formula is C20H27NO3. The Bertz CT molecular complexity index is 662. The highest BCUT2D eigenvalue weighted by Crippen LogP contribution is 2.31. The van der Waals surface area contributed by atoms with E-state index in [1.807, 2.05) is 36.4 Å². The van der Waals surface area contributed by atoms with Gasteiger partial charge >= 0.3 is 0 Å². The fourth-order valence-electron chi connectivity index (χ4n) is 2.51. The van der Waals surface area contributed by atoms with E-state index in [9.17, 15) is 0 Å². The summed E-state index contributed by atoms with van der Waals surface area (Å²) in [4.78, 5) is 0. The van der Waals surface area contributed by atoms with Crippen molar-refractivity contribution in [3.8, 4) is 17.2 Å². The Balaban J connectivity index is 1.97. The standard InChI is InChI=1S/C20H27NO3/c1-20(2,3)16-8-6-7-9-18(16)24-13-12-21-17-14-15(22-4)10-11-19(17)23-5/h6-11,14,21H,12-13H2,1-5H3. The number of benzene rings is 2. The maximum absolute atomic E-state index is 5.98. The van der Waals surface area contributed by atoms with Gasteiger partial charge in [-0.15, -0.1) is 0 Å². The maximum atomic E-state index is 5.98. The second-order valence-corrected chi connectivity index (χ2v) is 6.59. The van der Waals surface area contributed by atoms with Gasteiger partial charge in [-0.2, -0.15) is 0 Å². The SMILES string of the molecule is COc1ccc(OC)c(NCCOc2ccccc2C(C)(C)C)c1. The molecule has 2 aromatic rings. The molecule has 0 aliphatic heterocycles. The Morgan fingerprint density at radius 3 is 2.33 bits per heavy atom. The third-order valence-corrected chi connectivity index (χ3v) is 3.78. The second kappa shape index (κ2) is 7.95. The quantitative estimate of drug-likeness (QED) is 0.760. The highest BCUT2D eigenvalue weighted by molar-refractivity contribution is 5.59. The maximum Gasteiger partial charge on any atom is 0.142 e. The van der Waals surface area contributed by atoms with Gasteiger partial charge in [0.1, 0.15) is 23.9 Å². The van der Waals surface area contributed by atoms with Crippen molar-refractivity contribution in [2.75, 3.05) is 32.7 Å². The molecule has 4 nitrogen and oxygen atoms in total. The first-order valence-corrected chi connectivity index (χ1v) is 8.14. The monoisotopic (exact) mass is 329 g/mol. The van der Waals surface area contributed by atoms with Gasteiger partial charge in [-0.3, -0.25) is 0 Å². The van der Waals surface area contributed by atoms with Gasteiger partial charge in [-0.05, 0) is 29.2 Å². The van der Waals surface area contributed by atoms with Crippen LogP contribution in [0.1, 0.15) is 26.3 Å². The van der Waals surface area contributed by atoms with E-state index in [4.69, 9.17) is 14.2 Å². The molecule has 0 unspecified atom stereocenters. The zero-order valence-electron chi connectivity index (χ0n) is 15.2. The van der Waals surface area contributed by atoms with E-state index >= 15 is 0 Å². The van der Waals surface area contributed by atoms with Crippen LogP contribution >= 0.6 is 0 Å². The normalized spacial score (nSPS) is 11.0. The van der Waals surface area contributed by atoms with Gasteiger partial charge in [0.25, 0.3) is 0 Å². The van der Waals surface area contributed by atoms with Crippen LogP contribution in [0.3, 0.4) is 0 Å². The van der Waals surface area contributed by atoms with Gasteiger partial charge in [0.05, 0.1) is 19.9 Å². The molecular weight excluding hydrogens is 302 g/mol. The Morgan fingerprint density at radius 1 is 0.917 bits per heavy atom. The highest BCUT2D eigenvalue weighted by atomic mass is 16.5. The van der Waals surface area contributed by atoms with Crippen molar-refractivity contribution in [2.45, 2.75) is 26.2 Å². The predicted molar refractivity (Wildman–Crippen MR) is 98.7 cm³/mol. The molecule has 24 heavy (non-hydrogen) atoms. The number of hydrogen-bond donors (Lipinski definition) is 1. The molecule has 2 aromatic carbocycles. The molecule has 2 rings (SSSR count). The van der Waals surface area contributed by atoms with Crippen molar-refractivity contribution in [1.82, 2.24) is 0 Å². The van der Waals surface area contributed by atoms with E-state index in [1.54, 1.807) is 14.2 Å². The second-order valence-electron chi connectivity index (χ2n) is 6.59. The Morgan fingerprint density at radius 2 is 1.67 bits per heavy atom. The van der Waals surface area contributed by atoms with E-state index in [0.29, 0.717) is 13.2 Å². The molecule has 0 aliphatic carbocycles. The summed E-state index contributed by atoms with van der Waals surface area (Å²) in [5.74, 6) is 2.51. The Hall–Kier alpha value is -2.36. The molecule has 0 fully saturated rings. The fourth-order valence-corrected chi connectivity index (χ4v) is 2.51. The van der Waals surface area contributed by atoms with Gasteiger partial charge in [-0.1, -0.05) is 39.0 Å². The van der Waals surface area contributed by atoms with Crippen molar-refractivity contribution in [3.05, 3.63) is 48.0 Å². The predicted octanol–water partition coefficient (Wildman–Crippen LogP) is 4.49. The summed E-state index contributed by atoms with van der Waals surface area (Å²) in [5, 5.41) is 3.34. The molecule has 0 saturated heterocycles. The molecule has 130 valence electrons. The van der Waals surface area contributed by atoms with Gasteiger partial charge in [0, 0.05) is 12.6 Å². The summed E-state index contributed by atoms with van der Waals surface area (Å²) in [5.41, 5.74) is 2.16. The van der Waals surface area contributed by atoms with Crippen LogP contribution in [0.2, 0.25) is 0 Å². The fraction of sp³-hybridized carbons (Fsp3) is 0.400. The molecule has 0 spiro atoms. The summed E-state index contributed by atoms with van der Waals surface area (Å²) in [7, 11) is 3.31. The van der Waals surface area contributed by atoms with Gasteiger partial charge in [-0.25, -0.2) is 0 Å². The van der Waals surface area contributed by atoms with Crippen LogP contribution in [0.15, 0.2) is 42.5 Å². The lowest BCUT2D eigenvalue weighted by molar-refractivity contribution is 0.322. The number of anilines is 1. The largest absolute Gasteiger partial charge is 0.497 e. The van der Waals surface area contributed by atoms with Crippen LogP contribution in [-0.2, 0) is 5.41 Å². The highest BCUT2D eigenvalue weighted by Gasteiger charge is 2.18. The Kier molecular flexibility index (Phi) is 5.96. The molecule has 1 N–H and O–H groups in total. The first-order chi connectivity index (χ1) is 11.5. The molecule has 0 heterocycles. The number of para-hydroxylation sites is 1. The molecule has 0 aromatic heterocycles. The first-order valence-electron chi connectivity index (χ1n) is 8.14. The smallest absolute Gasteiger partial charge is 0.142 e. The minimum absolute atomic E-state index is 0.0556. The minimum atomic E-state index is 0.0556. The number of ether oxygens (including phenoxy) is 3. The van der Waals surface area contributed by atoms with E-state index in [0.717, 1.165) is 22.9 Å². The lowest BCUT2D eigenvalue weighted by Crippen LogP contribution is -2.16. The zero-order valence-corrected chi connectivity index (χ0v) is 15.2. The third kappa shape index (κ3) is 4.57. The van der Waals surface area contributed by atoms with Gasteiger partial charge in [0.15, 0.2) is 0 Å². The van der Waals surface area contributed by atoms with E-state index in [2.05, 4.69) is 32.2 Å². The average molecular weight is 329 g/mol. The first kappa shape index (κ1) is 18.0. The van der Waals surface area contributed by atoms with E-state index in [1.165, 1.54) is 5.56 Å². The molecule has 0 atom stereocenters. The third-order valence-electron chi connectivity index (χ3n) is 3.78.